The lowest BCUT2D eigenvalue weighted by atomic mass is 9.95. The van der Waals surface area contributed by atoms with E-state index in [4.69, 9.17) is 0 Å². The molecule has 4 aromatic rings. The zero-order chi connectivity index (χ0) is 33.6. The van der Waals surface area contributed by atoms with Crippen LogP contribution in [0.3, 0.4) is 0 Å². The highest BCUT2D eigenvalue weighted by molar-refractivity contribution is 8.14. The lowest BCUT2D eigenvalue weighted by molar-refractivity contribution is -0.274. The quantitative estimate of drug-likeness (QED) is 0.171. The second kappa shape index (κ2) is 15.1. The summed E-state index contributed by atoms with van der Waals surface area (Å²) in [6.45, 7) is 9.99. The standard InChI is InChI=1S/C35H39F3N6O2S/c1-23(2)30-17-8-24(3)21-31(30)43-19-6-20-47-34(43)41-33(45)39-18-5-7-25(4)26-9-11-27(12-10-26)32-40-22-44(42-32)28-13-15-29(16-14-28)46-35(36,37)38/h8-17,21-23,25H,5-7,18-20H2,1-4H3,(H,39,45)/b41-34-. The maximum absolute atomic E-state index is 12.8. The van der Waals surface area contributed by atoms with Crippen LogP contribution < -0.4 is 15.0 Å². The zero-order valence-corrected chi connectivity index (χ0v) is 27.7. The fourth-order valence-electron chi connectivity index (χ4n) is 5.43. The van der Waals surface area contributed by atoms with E-state index in [1.807, 2.05) is 24.3 Å². The molecule has 0 saturated carbocycles. The van der Waals surface area contributed by atoms with Gasteiger partial charge in [-0.15, -0.1) is 18.3 Å². The van der Waals surface area contributed by atoms with E-state index in [1.54, 1.807) is 11.8 Å². The van der Waals surface area contributed by atoms with Crippen LogP contribution in [0.25, 0.3) is 17.1 Å². The Morgan fingerprint density at radius 1 is 1.06 bits per heavy atom. The minimum absolute atomic E-state index is 0.274. The number of urea groups is 1. The molecular formula is C35H39F3N6O2S. The third kappa shape index (κ3) is 9.15. The Hall–Kier alpha value is -4.32. The number of halogens is 3. The molecule has 1 unspecified atom stereocenters. The van der Waals surface area contributed by atoms with Crippen molar-refractivity contribution < 1.29 is 22.7 Å². The summed E-state index contributed by atoms with van der Waals surface area (Å²) in [5.74, 6) is 1.78. The first-order chi connectivity index (χ1) is 22.5. The number of amidine groups is 1. The molecule has 1 N–H and O–H groups in total. The number of rotatable bonds is 10. The molecule has 1 aliphatic heterocycles. The SMILES string of the molecule is Cc1ccc(C(C)C)c(N2CCCS/C2=N\C(=O)NCCCC(C)c2ccc(-c3ncn(-c4ccc(OC(F)(F)F)cc4)n3)cc2)c1. The van der Waals surface area contributed by atoms with Gasteiger partial charge in [-0.2, -0.15) is 4.99 Å². The number of nitrogens with one attached hydrogen (secondary N) is 1. The van der Waals surface area contributed by atoms with Crippen LogP contribution in [0.4, 0.5) is 23.7 Å². The van der Waals surface area contributed by atoms with E-state index in [0.717, 1.165) is 53.5 Å². The average molecular weight is 665 g/mol. The third-order valence-electron chi connectivity index (χ3n) is 7.94. The molecule has 12 heteroatoms. The summed E-state index contributed by atoms with van der Waals surface area (Å²) in [6.07, 6.45) is -0.491. The Morgan fingerprint density at radius 2 is 1.81 bits per heavy atom. The van der Waals surface area contributed by atoms with Gasteiger partial charge in [-0.25, -0.2) is 14.5 Å². The van der Waals surface area contributed by atoms with Crippen LogP contribution in [-0.4, -0.2) is 51.2 Å². The third-order valence-corrected chi connectivity index (χ3v) is 9.00. The van der Waals surface area contributed by atoms with Crippen molar-refractivity contribution in [1.29, 1.82) is 0 Å². The molecule has 2 amide bonds. The van der Waals surface area contributed by atoms with Crippen molar-refractivity contribution >= 4 is 28.6 Å². The molecule has 5 rings (SSSR count). The fraction of sp³-hybridized carbons (Fsp3) is 0.371. The van der Waals surface area contributed by atoms with Gasteiger partial charge >= 0.3 is 12.4 Å². The van der Waals surface area contributed by atoms with E-state index >= 15 is 0 Å². The summed E-state index contributed by atoms with van der Waals surface area (Å²) in [4.78, 5) is 23.8. The van der Waals surface area contributed by atoms with Gasteiger partial charge in [-0.05, 0) is 85.0 Å². The molecule has 1 fully saturated rings. The Morgan fingerprint density at radius 3 is 2.51 bits per heavy atom. The molecule has 1 aliphatic rings. The van der Waals surface area contributed by atoms with Crippen LogP contribution in [0.1, 0.15) is 68.6 Å². The summed E-state index contributed by atoms with van der Waals surface area (Å²) >= 11 is 1.63. The van der Waals surface area contributed by atoms with Crippen LogP contribution in [0, 0.1) is 6.92 Å². The number of hydrogen-bond donors (Lipinski definition) is 1. The molecule has 47 heavy (non-hydrogen) atoms. The molecule has 0 aliphatic carbocycles. The predicted molar refractivity (Wildman–Crippen MR) is 182 cm³/mol. The van der Waals surface area contributed by atoms with E-state index in [9.17, 15) is 18.0 Å². The van der Waals surface area contributed by atoms with Gasteiger partial charge in [-0.1, -0.05) is 68.9 Å². The highest BCUT2D eigenvalue weighted by atomic mass is 32.2. The zero-order valence-electron chi connectivity index (χ0n) is 26.9. The monoisotopic (exact) mass is 664 g/mol. The summed E-state index contributed by atoms with van der Waals surface area (Å²) in [6, 6.07) is 19.6. The van der Waals surface area contributed by atoms with Crippen molar-refractivity contribution in [1.82, 2.24) is 20.1 Å². The first kappa shape index (κ1) is 34.0. The van der Waals surface area contributed by atoms with Gasteiger partial charge in [0.1, 0.15) is 12.1 Å². The molecule has 0 radical (unpaired) electrons. The van der Waals surface area contributed by atoms with Crippen LogP contribution in [0.5, 0.6) is 5.75 Å². The van der Waals surface area contributed by atoms with Crippen molar-refractivity contribution in [2.45, 2.75) is 65.2 Å². The van der Waals surface area contributed by atoms with E-state index in [2.05, 4.69) is 75.9 Å². The molecule has 1 atom stereocenters. The number of amides is 2. The van der Waals surface area contributed by atoms with Gasteiger partial charge in [0.05, 0.1) is 5.69 Å². The molecule has 2 heterocycles. The van der Waals surface area contributed by atoms with Crippen LogP contribution in [0.2, 0.25) is 0 Å². The number of aliphatic imine (C=N–C) groups is 1. The number of carbonyl (C=O) groups excluding carboxylic acids is 1. The minimum Gasteiger partial charge on any atom is -0.406 e. The Balaban J connectivity index is 1.12. The smallest absolute Gasteiger partial charge is 0.406 e. The van der Waals surface area contributed by atoms with Crippen molar-refractivity contribution in [3.05, 3.63) is 89.7 Å². The maximum Gasteiger partial charge on any atom is 0.573 e. The first-order valence-corrected chi connectivity index (χ1v) is 16.7. The Bertz CT molecular complexity index is 1690. The molecule has 1 saturated heterocycles. The van der Waals surface area contributed by atoms with E-state index in [-0.39, 0.29) is 17.7 Å². The number of aromatic nitrogens is 3. The molecule has 3 aromatic carbocycles. The van der Waals surface area contributed by atoms with Crippen molar-refractivity contribution in [2.24, 2.45) is 4.99 Å². The highest BCUT2D eigenvalue weighted by Crippen LogP contribution is 2.33. The maximum atomic E-state index is 12.8. The van der Waals surface area contributed by atoms with Gasteiger partial charge in [0, 0.05) is 30.1 Å². The van der Waals surface area contributed by atoms with Crippen molar-refractivity contribution in [2.75, 3.05) is 23.7 Å². The molecule has 8 nitrogen and oxygen atoms in total. The number of hydrogen-bond acceptors (Lipinski definition) is 5. The predicted octanol–water partition coefficient (Wildman–Crippen LogP) is 8.86. The van der Waals surface area contributed by atoms with E-state index in [1.165, 1.54) is 46.4 Å². The largest absolute Gasteiger partial charge is 0.573 e. The number of carbonyl (C=O) groups is 1. The lowest BCUT2D eigenvalue weighted by Crippen LogP contribution is -2.36. The summed E-state index contributed by atoms with van der Waals surface area (Å²) in [5, 5.41) is 8.20. The van der Waals surface area contributed by atoms with Gasteiger partial charge in [0.25, 0.3) is 0 Å². The van der Waals surface area contributed by atoms with Gasteiger partial charge in [-0.3, -0.25) is 0 Å². The molecule has 248 valence electrons. The number of aryl methyl sites for hydroxylation is 1. The second-order valence-electron chi connectivity index (χ2n) is 11.9. The Labute approximate surface area is 277 Å². The number of thioether (sulfide) groups is 1. The first-order valence-electron chi connectivity index (χ1n) is 15.7. The number of benzene rings is 3. The van der Waals surface area contributed by atoms with Crippen molar-refractivity contribution in [3.63, 3.8) is 0 Å². The minimum atomic E-state index is -4.74. The number of anilines is 1. The van der Waals surface area contributed by atoms with E-state index in [0.29, 0.717) is 24.0 Å². The molecule has 1 aromatic heterocycles. The molecule has 0 bridgehead atoms. The number of nitrogens with zero attached hydrogens (tertiary/aromatic N) is 5. The fourth-order valence-corrected chi connectivity index (χ4v) is 6.38. The molecule has 0 spiro atoms. The second-order valence-corrected chi connectivity index (χ2v) is 13.0. The Kier molecular flexibility index (Phi) is 10.9. The van der Waals surface area contributed by atoms with Gasteiger partial charge in [0.2, 0.25) is 0 Å². The average Bonchev–Trinajstić information content (AvgIpc) is 3.53. The summed E-state index contributed by atoms with van der Waals surface area (Å²) in [7, 11) is 0. The van der Waals surface area contributed by atoms with Crippen LogP contribution in [0.15, 0.2) is 78.0 Å². The topological polar surface area (TPSA) is 84.6 Å². The van der Waals surface area contributed by atoms with Crippen LogP contribution in [-0.2, 0) is 0 Å². The van der Waals surface area contributed by atoms with E-state index < -0.39 is 6.36 Å². The normalized spacial score (nSPS) is 15.2. The number of ether oxygens (including phenoxy) is 1. The van der Waals surface area contributed by atoms with Gasteiger partial charge in [0.15, 0.2) is 11.0 Å². The summed E-state index contributed by atoms with van der Waals surface area (Å²) < 4.78 is 42.7. The van der Waals surface area contributed by atoms with Crippen molar-refractivity contribution in [3.8, 4) is 22.8 Å². The molecular weight excluding hydrogens is 625 g/mol. The summed E-state index contributed by atoms with van der Waals surface area (Å²) in [5.41, 5.74) is 6.12. The van der Waals surface area contributed by atoms with Gasteiger partial charge < -0.3 is 15.0 Å². The highest BCUT2D eigenvalue weighted by Gasteiger charge is 2.31. The van der Waals surface area contributed by atoms with Crippen LogP contribution >= 0.6 is 11.8 Å². The number of alkyl halides is 3. The lowest BCUT2D eigenvalue weighted by Gasteiger charge is -2.32.